The fourth-order valence-electron chi connectivity index (χ4n) is 1.32. The van der Waals surface area contributed by atoms with Gasteiger partial charge >= 0.3 is 5.97 Å². The average molecular weight is 233 g/mol. The number of thioether (sulfide) groups is 1. The molecule has 86 valence electrons. The van der Waals surface area contributed by atoms with Crippen LogP contribution in [0, 0.1) is 16.0 Å². The number of carbonyl (C=O) groups is 1. The number of hydrogen-bond donors (Lipinski definition) is 0. The third kappa shape index (κ3) is 4.51. The zero-order chi connectivity index (χ0) is 11.3. The van der Waals surface area contributed by atoms with Crippen LogP contribution in [0.5, 0.6) is 0 Å². The van der Waals surface area contributed by atoms with Crippen LogP contribution < -0.4 is 0 Å². The summed E-state index contributed by atoms with van der Waals surface area (Å²) in [7, 11) is 0. The highest BCUT2D eigenvalue weighted by atomic mass is 32.2. The first-order valence-corrected chi connectivity index (χ1v) is 6.17. The first-order valence-electron chi connectivity index (χ1n) is 5.02. The molecule has 0 saturated heterocycles. The lowest BCUT2D eigenvalue weighted by atomic mass is 10.2. The van der Waals surface area contributed by atoms with E-state index < -0.39 is 6.04 Å². The second-order valence-corrected chi connectivity index (χ2v) is 4.54. The molecule has 1 fully saturated rings. The number of nitrogens with zero attached hydrogens (tertiary/aromatic N) is 1. The second-order valence-electron chi connectivity index (χ2n) is 3.51. The minimum atomic E-state index is -0.482. The Hall–Kier alpha value is -0.780. The van der Waals surface area contributed by atoms with Gasteiger partial charge in [-0.2, -0.15) is 0 Å². The molecule has 0 radical (unpaired) electrons. The van der Waals surface area contributed by atoms with E-state index in [4.69, 9.17) is 4.74 Å². The number of rotatable bonds is 7. The lowest BCUT2D eigenvalue weighted by Crippen LogP contribution is -2.25. The molecule has 0 aromatic heterocycles. The molecule has 0 amide bonds. The molecule has 1 unspecified atom stereocenters. The zero-order valence-corrected chi connectivity index (χ0v) is 9.50. The summed E-state index contributed by atoms with van der Waals surface area (Å²) in [5.41, 5.74) is 0. The molecule has 0 spiro atoms. The van der Waals surface area contributed by atoms with Crippen molar-refractivity contribution in [2.24, 2.45) is 5.92 Å². The molecule has 0 aromatic carbocycles. The molecule has 15 heavy (non-hydrogen) atoms. The molecular formula is C9H15NO4S. The summed E-state index contributed by atoms with van der Waals surface area (Å²) in [6.45, 7) is 2.10. The first kappa shape index (κ1) is 12.3. The number of hydrogen-bond acceptors (Lipinski definition) is 5. The standard InChI is InChI=1S/C9H15NO4S/c1-2-14-9(11)6-15-5-8(10(12)13)7-3-4-7/h7-8H,2-6H2,1H3. The minimum Gasteiger partial charge on any atom is -0.465 e. The molecular weight excluding hydrogens is 218 g/mol. The summed E-state index contributed by atoms with van der Waals surface area (Å²) in [6.07, 6.45) is 1.90. The van der Waals surface area contributed by atoms with E-state index in [2.05, 4.69) is 0 Å². The minimum absolute atomic E-state index is 0.213. The van der Waals surface area contributed by atoms with Gasteiger partial charge in [0.25, 0.3) is 0 Å². The van der Waals surface area contributed by atoms with E-state index in [9.17, 15) is 14.9 Å². The van der Waals surface area contributed by atoms with Crippen molar-refractivity contribution < 1.29 is 14.5 Å². The van der Waals surface area contributed by atoms with Crippen molar-refractivity contribution in [1.29, 1.82) is 0 Å². The topological polar surface area (TPSA) is 69.4 Å². The van der Waals surface area contributed by atoms with Crippen LogP contribution in [-0.4, -0.2) is 35.0 Å². The van der Waals surface area contributed by atoms with E-state index in [0.717, 1.165) is 12.8 Å². The Kier molecular flexibility index (Phi) is 4.87. The largest absolute Gasteiger partial charge is 0.465 e. The third-order valence-corrected chi connectivity index (χ3v) is 3.27. The first-order chi connectivity index (χ1) is 7.15. The summed E-state index contributed by atoms with van der Waals surface area (Å²) in [5, 5.41) is 10.7. The maximum Gasteiger partial charge on any atom is 0.315 e. The van der Waals surface area contributed by atoms with Gasteiger partial charge in [-0.05, 0) is 19.8 Å². The smallest absolute Gasteiger partial charge is 0.315 e. The lowest BCUT2D eigenvalue weighted by molar-refractivity contribution is -0.521. The van der Waals surface area contributed by atoms with Crippen molar-refractivity contribution in [2.45, 2.75) is 25.8 Å². The molecule has 1 rings (SSSR count). The van der Waals surface area contributed by atoms with Gasteiger partial charge < -0.3 is 4.74 Å². The molecule has 0 aliphatic heterocycles. The van der Waals surface area contributed by atoms with Crippen LogP contribution in [0.3, 0.4) is 0 Å². The normalized spacial score (nSPS) is 17.1. The van der Waals surface area contributed by atoms with Crippen LogP contribution in [0.25, 0.3) is 0 Å². The van der Waals surface area contributed by atoms with Crippen LogP contribution in [0.2, 0.25) is 0 Å². The van der Waals surface area contributed by atoms with Gasteiger partial charge in [-0.3, -0.25) is 14.9 Å². The van der Waals surface area contributed by atoms with Crippen LogP contribution in [0.1, 0.15) is 19.8 Å². The van der Waals surface area contributed by atoms with Gasteiger partial charge in [-0.25, -0.2) is 0 Å². The maximum atomic E-state index is 11.0. The Morgan fingerprint density at radius 3 is 2.80 bits per heavy atom. The van der Waals surface area contributed by atoms with Crippen LogP contribution in [0.4, 0.5) is 0 Å². The summed E-state index contributed by atoms with van der Waals surface area (Å²) in [4.78, 5) is 21.4. The van der Waals surface area contributed by atoms with Crippen molar-refractivity contribution >= 4 is 17.7 Å². The van der Waals surface area contributed by atoms with Crippen LogP contribution in [-0.2, 0) is 9.53 Å². The molecule has 0 bridgehead atoms. The molecule has 6 heteroatoms. The van der Waals surface area contributed by atoms with Gasteiger partial charge in [0.15, 0.2) is 0 Å². The zero-order valence-electron chi connectivity index (χ0n) is 8.68. The highest BCUT2D eigenvalue weighted by Gasteiger charge is 2.39. The molecule has 1 saturated carbocycles. The number of nitro groups is 1. The summed E-state index contributed by atoms with van der Waals surface area (Å²) in [5.74, 6) is 0.566. The third-order valence-electron chi connectivity index (χ3n) is 2.25. The van der Waals surface area contributed by atoms with Crippen LogP contribution >= 0.6 is 11.8 Å². The Morgan fingerprint density at radius 2 is 2.33 bits per heavy atom. The van der Waals surface area contributed by atoms with Crippen molar-refractivity contribution in [3.63, 3.8) is 0 Å². The average Bonchev–Trinajstić information content (AvgIpc) is 2.95. The van der Waals surface area contributed by atoms with Crippen LogP contribution in [0.15, 0.2) is 0 Å². The predicted molar refractivity (Wildman–Crippen MR) is 57.5 cm³/mol. The monoisotopic (exact) mass is 233 g/mol. The number of carbonyl (C=O) groups excluding carboxylic acids is 1. The van der Waals surface area contributed by atoms with E-state index in [1.54, 1.807) is 6.92 Å². The summed E-state index contributed by atoms with van der Waals surface area (Å²) >= 11 is 1.29. The molecule has 1 aliphatic carbocycles. The van der Waals surface area contributed by atoms with Crippen molar-refractivity contribution in [3.8, 4) is 0 Å². The van der Waals surface area contributed by atoms with Gasteiger partial charge in [0.2, 0.25) is 6.04 Å². The van der Waals surface area contributed by atoms with E-state index in [0.29, 0.717) is 12.4 Å². The Bertz CT molecular complexity index is 242. The van der Waals surface area contributed by atoms with Gasteiger partial charge in [0, 0.05) is 10.8 Å². The SMILES string of the molecule is CCOC(=O)CSCC(C1CC1)[N+](=O)[O-]. The molecule has 1 atom stereocenters. The van der Waals surface area contributed by atoms with Gasteiger partial charge in [0.1, 0.15) is 0 Å². The molecule has 0 aromatic rings. The number of ether oxygens (including phenoxy) is 1. The highest BCUT2D eigenvalue weighted by Crippen LogP contribution is 2.35. The Morgan fingerprint density at radius 1 is 1.67 bits per heavy atom. The maximum absolute atomic E-state index is 11.0. The summed E-state index contributed by atoms with van der Waals surface area (Å²) < 4.78 is 4.73. The molecule has 5 nitrogen and oxygen atoms in total. The van der Waals surface area contributed by atoms with Gasteiger partial charge in [-0.15, -0.1) is 11.8 Å². The number of esters is 1. The van der Waals surface area contributed by atoms with E-state index in [-0.39, 0.29) is 22.6 Å². The van der Waals surface area contributed by atoms with E-state index in [1.807, 2.05) is 0 Å². The van der Waals surface area contributed by atoms with Gasteiger partial charge in [-0.1, -0.05) is 0 Å². The van der Waals surface area contributed by atoms with Crippen molar-refractivity contribution in [3.05, 3.63) is 10.1 Å². The summed E-state index contributed by atoms with van der Waals surface area (Å²) in [6, 6.07) is -0.482. The van der Waals surface area contributed by atoms with E-state index in [1.165, 1.54) is 11.8 Å². The van der Waals surface area contributed by atoms with Gasteiger partial charge in [0.05, 0.1) is 18.1 Å². The van der Waals surface area contributed by atoms with E-state index >= 15 is 0 Å². The Labute approximate surface area is 92.7 Å². The van der Waals surface area contributed by atoms with Crippen molar-refractivity contribution in [2.75, 3.05) is 18.1 Å². The Balaban J connectivity index is 2.16. The molecule has 0 heterocycles. The quantitative estimate of drug-likeness (QED) is 0.377. The highest BCUT2D eigenvalue weighted by molar-refractivity contribution is 7.99. The molecule has 0 N–H and O–H groups in total. The second kappa shape index (κ2) is 5.95. The fraction of sp³-hybridized carbons (Fsp3) is 0.889. The van der Waals surface area contributed by atoms with Crippen molar-refractivity contribution in [1.82, 2.24) is 0 Å². The predicted octanol–water partition coefficient (Wildman–Crippen LogP) is 1.34. The molecule has 1 aliphatic rings. The lowest BCUT2D eigenvalue weighted by Gasteiger charge is -2.07. The fourth-order valence-corrected chi connectivity index (χ4v) is 2.32.